The lowest BCUT2D eigenvalue weighted by molar-refractivity contribution is -0.129. The van der Waals surface area contributed by atoms with Crippen LogP contribution in [-0.4, -0.2) is 25.7 Å². The number of nitrogens with zero attached hydrogens (tertiary/aromatic N) is 1. The molecule has 1 heterocycles. The number of amides is 1. The highest BCUT2D eigenvalue weighted by atomic mass is 16.5. The number of ether oxygens (including phenoxy) is 1. The SMILES string of the molecule is CCC(C#N)(CC)C(=O)NCC1(C)CCOCC1. The molecule has 1 aliphatic heterocycles. The van der Waals surface area contributed by atoms with Gasteiger partial charge in [-0.05, 0) is 31.1 Å². The van der Waals surface area contributed by atoms with E-state index < -0.39 is 5.41 Å². The van der Waals surface area contributed by atoms with Crippen LogP contribution in [0.3, 0.4) is 0 Å². The molecular formula is C14H24N2O2. The number of carbonyl (C=O) groups is 1. The summed E-state index contributed by atoms with van der Waals surface area (Å²) >= 11 is 0. The molecule has 1 N–H and O–H groups in total. The van der Waals surface area contributed by atoms with Crippen molar-refractivity contribution in [2.75, 3.05) is 19.8 Å². The molecular weight excluding hydrogens is 228 g/mol. The third-order valence-corrected chi connectivity index (χ3v) is 4.23. The van der Waals surface area contributed by atoms with Crippen LogP contribution >= 0.6 is 0 Å². The average molecular weight is 252 g/mol. The summed E-state index contributed by atoms with van der Waals surface area (Å²) in [6.45, 7) is 8.11. The summed E-state index contributed by atoms with van der Waals surface area (Å²) in [5.41, 5.74) is -0.752. The highest BCUT2D eigenvalue weighted by Crippen LogP contribution is 2.30. The molecule has 4 heteroatoms. The van der Waals surface area contributed by atoms with Crippen molar-refractivity contribution >= 4 is 5.91 Å². The summed E-state index contributed by atoms with van der Waals surface area (Å²) in [4.78, 5) is 12.2. The molecule has 0 spiro atoms. The van der Waals surface area contributed by atoms with Crippen LogP contribution in [0.25, 0.3) is 0 Å². The van der Waals surface area contributed by atoms with Crippen LogP contribution in [0.5, 0.6) is 0 Å². The number of nitrogens with one attached hydrogen (secondary N) is 1. The fourth-order valence-corrected chi connectivity index (χ4v) is 2.28. The van der Waals surface area contributed by atoms with Crippen LogP contribution in [0.4, 0.5) is 0 Å². The van der Waals surface area contributed by atoms with E-state index in [1.54, 1.807) is 0 Å². The number of hydrogen-bond acceptors (Lipinski definition) is 3. The highest BCUT2D eigenvalue weighted by molar-refractivity contribution is 5.85. The van der Waals surface area contributed by atoms with Gasteiger partial charge in [0.1, 0.15) is 5.41 Å². The molecule has 0 aromatic rings. The van der Waals surface area contributed by atoms with Gasteiger partial charge in [0.15, 0.2) is 0 Å². The third kappa shape index (κ3) is 3.23. The van der Waals surface area contributed by atoms with Gasteiger partial charge in [0, 0.05) is 19.8 Å². The van der Waals surface area contributed by atoms with Crippen molar-refractivity contribution in [2.24, 2.45) is 10.8 Å². The lowest BCUT2D eigenvalue weighted by Crippen LogP contribution is -2.45. The smallest absolute Gasteiger partial charge is 0.240 e. The highest BCUT2D eigenvalue weighted by Gasteiger charge is 2.36. The summed E-state index contributed by atoms with van der Waals surface area (Å²) in [6, 6.07) is 2.18. The van der Waals surface area contributed by atoms with Gasteiger partial charge in [-0.25, -0.2) is 0 Å². The lowest BCUT2D eigenvalue weighted by Gasteiger charge is -2.34. The van der Waals surface area contributed by atoms with E-state index in [9.17, 15) is 10.1 Å². The second kappa shape index (κ2) is 6.19. The van der Waals surface area contributed by atoms with Crippen molar-refractivity contribution in [2.45, 2.75) is 46.5 Å². The Hall–Kier alpha value is -1.08. The number of carbonyl (C=O) groups excluding carboxylic acids is 1. The first kappa shape index (κ1) is 15.0. The molecule has 1 fully saturated rings. The molecule has 0 aromatic heterocycles. The zero-order valence-corrected chi connectivity index (χ0v) is 11.7. The maximum Gasteiger partial charge on any atom is 0.240 e. The summed E-state index contributed by atoms with van der Waals surface area (Å²) in [5.74, 6) is -0.122. The van der Waals surface area contributed by atoms with E-state index in [2.05, 4.69) is 18.3 Å². The molecule has 1 amide bonds. The predicted molar refractivity (Wildman–Crippen MR) is 69.8 cm³/mol. The van der Waals surface area contributed by atoms with E-state index in [0.717, 1.165) is 26.1 Å². The Bertz CT molecular complexity index is 323. The first-order chi connectivity index (χ1) is 8.52. The van der Waals surface area contributed by atoms with Crippen LogP contribution in [0.2, 0.25) is 0 Å². The minimum absolute atomic E-state index is 0.108. The molecule has 0 aliphatic carbocycles. The van der Waals surface area contributed by atoms with Gasteiger partial charge in [0.25, 0.3) is 0 Å². The molecule has 0 atom stereocenters. The van der Waals surface area contributed by atoms with Gasteiger partial charge in [0.2, 0.25) is 5.91 Å². The number of rotatable bonds is 5. The van der Waals surface area contributed by atoms with Gasteiger partial charge in [-0.3, -0.25) is 4.79 Å². The first-order valence-electron chi connectivity index (χ1n) is 6.79. The van der Waals surface area contributed by atoms with E-state index in [-0.39, 0.29) is 11.3 Å². The van der Waals surface area contributed by atoms with Crippen LogP contribution in [0.15, 0.2) is 0 Å². The van der Waals surface area contributed by atoms with Crippen molar-refractivity contribution < 1.29 is 9.53 Å². The Labute approximate surface area is 110 Å². The molecule has 4 nitrogen and oxygen atoms in total. The maximum atomic E-state index is 12.2. The molecule has 0 radical (unpaired) electrons. The van der Waals surface area contributed by atoms with Crippen molar-refractivity contribution in [3.8, 4) is 6.07 Å². The maximum absolute atomic E-state index is 12.2. The van der Waals surface area contributed by atoms with Crippen molar-refractivity contribution in [3.05, 3.63) is 0 Å². The topological polar surface area (TPSA) is 62.1 Å². The van der Waals surface area contributed by atoms with E-state index in [1.807, 2.05) is 13.8 Å². The van der Waals surface area contributed by atoms with Crippen LogP contribution in [0.1, 0.15) is 46.5 Å². The van der Waals surface area contributed by atoms with Crippen LogP contribution in [0, 0.1) is 22.2 Å². The zero-order chi connectivity index (χ0) is 13.6. The first-order valence-corrected chi connectivity index (χ1v) is 6.79. The van der Waals surface area contributed by atoms with Gasteiger partial charge in [-0.15, -0.1) is 0 Å². The fourth-order valence-electron chi connectivity index (χ4n) is 2.28. The molecule has 1 saturated heterocycles. The zero-order valence-electron chi connectivity index (χ0n) is 11.7. The van der Waals surface area contributed by atoms with E-state index in [1.165, 1.54) is 0 Å². The quantitative estimate of drug-likeness (QED) is 0.816. The van der Waals surface area contributed by atoms with Crippen LogP contribution in [-0.2, 0) is 9.53 Å². The summed E-state index contributed by atoms with van der Waals surface area (Å²) < 4.78 is 5.34. The lowest BCUT2D eigenvalue weighted by atomic mass is 9.80. The van der Waals surface area contributed by atoms with Crippen LogP contribution < -0.4 is 5.32 Å². The Morgan fingerprint density at radius 3 is 2.39 bits per heavy atom. The molecule has 0 aromatic carbocycles. The minimum atomic E-state index is -0.860. The molecule has 0 unspecified atom stereocenters. The molecule has 0 bridgehead atoms. The minimum Gasteiger partial charge on any atom is -0.381 e. The standard InChI is InChI=1S/C14H24N2O2/c1-4-14(5-2,10-15)12(17)16-11-13(3)6-8-18-9-7-13/h4-9,11H2,1-3H3,(H,16,17). The van der Waals surface area contributed by atoms with Gasteiger partial charge >= 0.3 is 0 Å². The number of hydrogen-bond donors (Lipinski definition) is 1. The second-order valence-electron chi connectivity index (χ2n) is 5.51. The second-order valence-corrected chi connectivity index (χ2v) is 5.51. The normalized spacial score (nSPS) is 19.0. The van der Waals surface area contributed by atoms with Gasteiger partial charge < -0.3 is 10.1 Å². The predicted octanol–water partition coefficient (Wildman–Crippen LogP) is 2.25. The van der Waals surface area contributed by atoms with E-state index in [0.29, 0.717) is 19.4 Å². The molecule has 1 aliphatic rings. The third-order valence-electron chi connectivity index (χ3n) is 4.23. The monoisotopic (exact) mass is 252 g/mol. The van der Waals surface area contributed by atoms with E-state index in [4.69, 9.17) is 4.74 Å². The van der Waals surface area contributed by atoms with Gasteiger partial charge in [-0.1, -0.05) is 20.8 Å². The molecule has 0 saturated carbocycles. The van der Waals surface area contributed by atoms with Crippen molar-refractivity contribution in [1.82, 2.24) is 5.32 Å². The summed E-state index contributed by atoms with van der Waals surface area (Å²) in [6.07, 6.45) is 3.05. The fraction of sp³-hybridized carbons (Fsp3) is 0.857. The van der Waals surface area contributed by atoms with E-state index >= 15 is 0 Å². The van der Waals surface area contributed by atoms with Crippen molar-refractivity contribution in [3.63, 3.8) is 0 Å². The molecule has 102 valence electrons. The molecule has 18 heavy (non-hydrogen) atoms. The summed E-state index contributed by atoms with van der Waals surface area (Å²) in [7, 11) is 0. The Balaban J connectivity index is 2.57. The van der Waals surface area contributed by atoms with Crippen molar-refractivity contribution in [1.29, 1.82) is 5.26 Å². The Morgan fingerprint density at radius 1 is 1.39 bits per heavy atom. The Kier molecular flexibility index (Phi) is 5.15. The summed E-state index contributed by atoms with van der Waals surface area (Å²) in [5, 5.41) is 12.2. The average Bonchev–Trinajstić information content (AvgIpc) is 2.40. The Morgan fingerprint density at radius 2 is 1.94 bits per heavy atom. The molecule has 1 rings (SSSR count). The van der Waals surface area contributed by atoms with Gasteiger partial charge in [0.05, 0.1) is 6.07 Å². The van der Waals surface area contributed by atoms with Gasteiger partial charge in [-0.2, -0.15) is 5.26 Å². The largest absolute Gasteiger partial charge is 0.381 e. The number of nitriles is 1.